The summed E-state index contributed by atoms with van der Waals surface area (Å²) in [6.45, 7) is 0. The molecule has 1 aliphatic rings. The fourth-order valence-electron chi connectivity index (χ4n) is 1.67. The molecule has 1 aliphatic carbocycles. The molecular formula is C13H12N2O. The summed E-state index contributed by atoms with van der Waals surface area (Å²) in [6.07, 6.45) is 4.11. The van der Waals surface area contributed by atoms with Gasteiger partial charge in [0, 0.05) is 23.4 Å². The van der Waals surface area contributed by atoms with Gasteiger partial charge in [-0.2, -0.15) is 0 Å². The third-order valence-corrected chi connectivity index (χ3v) is 2.51. The predicted molar refractivity (Wildman–Crippen MR) is 64.9 cm³/mol. The molecule has 4 N–H and O–H groups in total. The number of hydrogen-bond acceptors (Lipinski definition) is 3. The minimum Gasteiger partial charge on any atom is -0.402 e. The van der Waals surface area contributed by atoms with Crippen LogP contribution in [0.2, 0.25) is 0 Å². The Kier molecular flexibility index (Phi) is 2.63. The van der Waals surface area contributed by atoms with E-state index in [9.17, 15) is 4.79 Å². The number of benzene rings is 1. The first-order valence-electron chi connectivity index (χ1n) is 4.97. The molecule has 3 heteroatoms. The van der Waals surface area contributed by atoms with E-state index in [0.29, 0.717) is 23.4 Å². The first-order valence-corrected chi connectivity index (χ1v) is 4.97. The maximum Gasteiger partial charge on any atom is 0.128 e. The van der Waals surface area contributed by atoms with Gasteiger partial charge < -0.3 is 11.5 Å². The summed E-state index contributed by atoms with van der Waals surface area (Å²) < 4.78 is 0. The van der Waals surface area contributed by atoms with Crippen molar-refractivity contribution in [1.82, 2.24) is 0 Å². The average Bonchev–Trinajstić information content (AvgIpc) is 2.30. The lowest BCUT2D eigenvalue weighted by atomic mass is 9.92. The molecule has 0 heterocycles. The molecule has 0 saturated heterocycles. The quantitative estimate of drug-likeness (QED) is 0.549. The topological polar surface area (TPSA) is 69.1 Å². The highest BCUT2D eigenvalue weighted by atomic mass is 16.1. The van der Waals surface area contributed by atoms with Gasteiger partial charge in [-0.3, -0.25) is 0 Å². The molecule has 0 spiro atoms. The maximum absolute atomic E-state index is 10.8. The predicted octanol–water partition coefficient (Wildman–Crippen LogP) is 1.66. The van der Waals surface area contributed by atoms with Crippen LogP contribution in [-0.2, 0) is 4.79 Å². The van der Waals surface area contributed by atoms with Crippen molar-refractivity contribution < 1.29 is 4.79 Å². The lowest BCUT2D eigenvalue weighted by Crippen LogP contribution is -2.05. The van der Waals surface area contributed by atoms with Crippen LogP contribution in [0.5, 0.6) is 0 Å². The molecule has 1 aromatic rings. The Morgan fingerprint density at radius 3 is 2.38 bits per heavy atom. The van der Waals surface area contributed by atoms with Crippen LogP contribution in [0.15, 0.2) is 47.7 Å². The van der Waals surface area contributed by atoms with E-state index in [2.05, 4.69) is 0 Å². The summed E-state index contributed by atoms with van der Waals surface area (Å²) in [6, 6.07) is 7.38. The minimum absolute atomic E-state index is 0.458. The van der Waals surface area contributed by atoms with Crippen molar-refractivity contribution in [2.45, 2.75) is 6.42 Å². The number of allylic oxidation sites excluding steroid dienone is 4. The number of anilines is 1. The summed E-state index contributed by atoms with van der Waals surface area (Å²) in [5.74, 6) is 1.94. The van der Waals surface area contributed by atoms with Crippen LogP contribution in [0.3, 0.4) is 0 Å². The SMILES string of the molecule is NC1=CC=C(c2ccc(N)cc2)C(=C=O)C1. The van der Waals surface area contributed by atoms with Crippen molar-refractivity contribution in [1.29, 1.82) is 0 Å². The van der Waals surface area contributed by atoms with Crippen molar-refractivity contribution in [2.24, 2.45) is 5.73 Å². The van der Waals surface area contributed by atoms with Crippen molar-refractivity contribution in [3.63, 3.8) is 0 Å². The van der Waals surface area contributed by atoms with Gasteiger partial charge in [0.25, 0.3) is 0 Å². The monoisotopic (exact) mass is 212 g/mol. The standard InChI is InChI=1S/C13H12N2O/c14-11-3-1-9(2-4-11)13-6-5-12(15)7-10(13)8-16/h1-6H,7,14-15H2. The zero-order valence-corrected chi connectivity index (χ0v) is 8.73. The molecule has 16 heavy (non-hydrogen) atoms. The number of nitrogen functional groups attached to an aromatic ring is 1. The van der Waals surface area contributed by atoms with E-state index in [-0.39, 0.29) is 0 Å². The van der Waals surface area contributed by atoms with Gasteiger partial charge >= 0.3 is 0 Å². The fourth-order valence-corrected chi connectivity index (χ4v) is 1.67. The zero-order chi connectivity index (χ0) is 11.5. The molecule has 1 aromatic carbocycles. The smallest absolute Gasteiger partial charge is 0.128 e. The Morgan fingerprint density at radius 2 is 1.75 bits per heavy atom. The first kappa shape index (κ1) is 10.3. The van der Waals surface area contributed by atoms with Crippen LogP contribution >= 0.6 is 0 Å². The second-order valence-electron chi connectivity index (χ2n) is 3.70. The highest BCUT2D eigenvalue weighted by molar-refractivity contribution is 5.89. The molecule has 0 atom stereocenters. The summed E-state index contributed by atoms with van der Waals surface area (Å²) >= 11 is 0. The van der Waals surface area contributed by atoms with Crippen molar-refractivity contribution in [3.8, 4) is 0 Å². The summed E-state index contributed by atoms with van der Waals surface area (Å²) in [4.78, 5) is 10.8. The number of nitrogens with two attached hydrogens (primary N) is 2. The highest BCUT2D eigenvalue weighted by Gasteiger charge is 2.13. The highest BCUT2D eigenvalue weighted by Crippen LogP contribution is 2.29. The van der Waals surface area contributed by atoms with E-state index in [1.165, 1.54) is 0 Å². The van der Waals surface area contributed by atoms with E-state index < -0.39 is 0 Å². The van der Waals surface area contributed by atoms with Gasteiger partial charge in [0.05, 0.1) is 0 Å². The molecular weight excluding hydrogens is 200 g/mol. The Bertz CT molecular complexity index is 517. The van der Waals surface area contributed by atoms with Crippen molar-refractivity contribution >= 4 is 17.2 Å². The molecule has 2 rings (SSSR count). The van der Waals surface area contributed by atoms with E-state index in [1.807, 2.05) is 30.2 Å². The van der Waals surface area contributed by atoms with E-state index in [4.69, 9.17) is 11.5 Å². The molecule has 0 radical (unpaired) electrons. The molecule has 0 fully saturated rings. The molecule has 0 bridgehead atoms. The molecule has 0 aliphatic heterocycles. The third kappa shape index (κ3) is 1.90. The Labute approximate surface area is 93.8 Å². The largest absolute Gasteiger partial charge is 0.402 e. The normalized spacial score (nSPS) is 15.1. The van der Waals surface area contributed by atoms with Crippen LogP contribution in [0.25, 0.3) is 5.57 Å². The lowest BCUT2D eigenvalue weighted by Gasteiger charge is -2.13. The Hall–Kier alpha value is -2.25. The van der Waals surface area contributed by atoms with Gasteiger partial charge in [-0.1, -0.05) is 18.2 Å². The number of rotatable bonds is 1. The fraction of sp³-hybridized carbons (Fsp3) is 0.0769. The minimum atomic E-state index is 0.458. The van der Waals surface area contributed by atoms with E-state index >= 15 is 0 Å². The molecule has 0 unspecified atom stereocenters. The summed E-state index contributed by atoms with van der Waals surface area (Å²) in [5, 5.41) is 0. The van der Waals surface area contributed by atoms with E-state index in [0.717, 1.165) is 11.1 Å². The Balaban J connectivity index is 2.47. The maximum atomic E-state index is 10.8. The van der Waals surface area contributed by atoms with E-state index in [1.54, 1.807) is 12.1 Å². The number of carbonyl (C=O) groups excluding carboxylic acids is 1. The average molecular weight is 212 g/mol. The van der Waals surface area contributed by atoms with Crippen molar-refractivity contribution in [3.05, 3.63) is 53.3 Å². The van der Waals surface area contributed by atoms with Crippen LogP contribution < -0.4 is 11.5 Å². The number of hydrogen-bond donors (Lipinski definition) is 2. The van der Waals surface area contributed by atoms with Crippen LogP contribution in [0.4, 0.5) is 5.69 Å². The summed E-state index contributed by atoms with van der Waals surface area (Å²) in [5.41, 5.74) is 15.1. The third-order valence-electron chi connectivity index (χ3n) is 2.51. The van der Waals surface area contributed by atoms with Gasteiger partial charge in [-0.05, 0) is 29.3 Å². The van der Waals surface area contributed by atoms with Gasteiger partial charge in [-0.15, -0.1) is 0 Å². The van der Waals surface area contributed by atoms with Crippen LogP contribution in [0.1, 0.15) is 12.0 Å². The molecule has 80 valence electrons. The lowest BCUT2D eigenvalue weighted by molar-refractivity contribution is 0.567. The van der Waals surface area contributed by atoms with Gasteiger partial charge in [-0.25, -0.2) is 4.79 Å². The first-order chi connectivity index (χ1) is 7.70. The second kappa shape index (κ2) is 4.09. The van der Waals surface area contributed by atoms with Crippen LogP contribution in [0, 0.1) is 0 Å². The molecule has 3 nitrogen and oxygen atoms in total. The van der Waals surface area contributed by atoms with Gasteiger partial charge in [0.1, 0.15) is 5.94 Å². The van der Waals surface area contributed by atoms with Crippen LogP contribution in [-0.4, -0.2) is 5.94 Å². The van der Waals surface area contributed by atoms with Crippen molar-refractivity contribution in [2.75, 3.05) is 5.73 Å². The van der Waals surface area contributed by atoms with Gasteiger partial charge in [0.15, 0.2) is 0 Å². The second-order valence-corrected chi connectivity index (χ2v) is 3.70. The molecule has 0 amide bonds. The molecule has 0 aromatic heterocycles. The van der Waals surface area contributed by atoms with Gasteiger partial charge in [0.2, 0.25) is 0 Å². The zero-order valence-electron chi connectivity index (χ0n) is 8.73. The molecule has 0 saturated carbocycles. The summed E-state index contributed by atoms with van der Waals surface area (Å²) in [7, 11) is 0. The Morgan fingerprint density at radius 1 is 1.06 bits per heavy atom.